The molecule has 3 saturated heterocycles. The van der Waals surface area contributed by atoms with Crippen LogP contribution in [0.3, 0.4) is 0 Å². The number of hydrogen-bond acceptors (Lipinski definition) is 6. The number of esters is 1. The summed E-state index contributed by atoms with van der Waals surface area (Å²) in [6.07, 6.45) is 13.1. The molecule has 1 aliphatic carbocycles. The molecule has 3 fully saturated rings. The number of ether oxygens (including phenoxy) is 4. The van der Waals surface area contributed by atoms with E-state index in [0.29, 0.717) is 24.7 Å². The highest BCUT2D eigenvalue weighted by Gasteiger charge is 2.62. The molecule has 2 bridgehead atoms. The van der Waals surface area contributed by atoms with Crippen molar-refractivity contribution in [3.05, 3.63) is 47.1 Å². The largest absolute Gasteiger partial charge is 0.462 e. The second-order valence-electron chi connectivity index (χ2n) is 19.3. The van der Waals surface area contributed by atoms with Gasteiger partial charge in [0.25, 0.3) is 0 Å². The number of carbonyl (C=O) groups is 1. The average molecular weight is 667 g/mol. The highest BCUT2D eigenvalue weighted by atomic mass is 16.7. The van der Waals surface area contributed by atoms with Crippen molar-refractivity contribution >= 4 is 5.97 Å². The third-order valence-electron chi connectivity index (χ3n) is 12.0. The third-order valence-corrected chi connectivity index (χ3v) is 12.0. The number of aliphatic hydroxyl groups is 1. The number of hydrogen-bond donors (Lipinski definition) is 1. The SMILES string of the molecule is CC1=CC2C(=O)OC3CC(C/C=C(\C)C(C(C)(C)C)C(C)/C=C/C=C4\COC(C1C(C)(C)C)C42O)OC1(CCC(C)C(C(C)(C)C)O1)C3. The quantitative estimate of drug-likeness (QED) is 0.205. The van der Waals surface area contributed by atoms with E-state index in [0.717, 1.165) is 30.4 Å². The summed E-state index contributed by atoms with van der Waals surface area (Å²) in [6, 6.07) is 0. The molecule has 6 heteroatoms. The molecule has 0 saturated carbocycles. The van der Waals surface area contributed by atoms with E-state index in [1.54, 1.807) is 0 Å². The van der Waals surface area contributed by atoms with Gasteiger partial charge in [0.2, 0.25) is 0 Å². The molecule has 11 unspecified atom stereocenters. The summed E-state index contributed by atoms with van der Waals surface area (Å²) in [5, 5.41) is 12.8. The standard InChI is InChI=1S/C42H66O6/c1-25-15-14-16-29-24-45-36-34(39(8,9)10)28(4)21-32(42(29,36)44)37(43)46-31-22-30(18-17-26(2)33(25)38(5,6)7)47-41(23-31)20-19-27(3)35(48-41)40(11,12)13/h14-17,21,25,27,30-36,44H,18-20,22-24H2,1-13H3/b15-14+,26-17+,29-16+. The maximum Gasteiger partial charge on any atom is 0.316 e. The van der Waals surface area contributed by atoms with Crippen molar-refractivity contribution in [2.24, 2.45) is 45.8 Å². The van der Waals surface area contributed by atoms with Gasteiger partial charge in [-0.2, -0.15) is 0 Å². The Morgan fingerprint density at radius 1 is 0.875 bits per heavy atom. The van der Waals surface area contributed by atoms with Crippen LogP contribution in [0.1, 0.15) is 122 Å². The molecule has 0 aromatic rings. The Kier molecular flexibility index (Phi) is 10.2. The summed E-state index contributed by atoms with van der Waals surface area (Å²) in [4.78, 5) is 14.5. The highest BCUT2D eigenvalue weighted by molar-refractivity contribution is 5.78. The summed E-state index contributed by atoms with van der Waals surface area (Å²) in [7, 11) is 0. The van der Waals surface area contributed by atoms with Gasteiger partial charge in [0.15, 0.2) is 5.79 Å². The van der Waals surface area contributed by atoms with E-state index in [4.69, 9.17) is 18.9 Å². The smallest absolute Gasteiger partial charge is 0.316 e. The van der Waals surface area contributed by atoms with Gasteiger partial charge in [0.1, 0.15) is 17.6 Å². The second kappa shape index (κ2) is 13.1. The minimum Gasteiger partial charge on any atom is -0.462 e. The molecule has 0 radical (unpaired) electrons. The van der Waals surface area contributed by atoms with Crippen LogP contribution in [0, 0.1) is 45.8 Å². The summed E-state index contributed by atoms with van der Waals surface area (Å²) in [6.45, 7) is 29.3. The van der Waals surface area contributed by atoms with Crippen molar-refractivity contribution in [2.45, 2.75) is 158 Å². The van der Waals surface area contributed by atoms with Gasteiger partial charge in [-0.05, 0) is 66.3 Å². The Labute approximate surface area is 291 Å². The van der Waals surface area contributed by atoms with Crippen LogP contribution in [-0.2, 0) is 23.7 Å². The normalized spacial score (nSPS) is 44.5. The Hall–Kier alpha value is -1.73. The third kappa shape index (κ3) is 7.20. The maximum atomic E-state index is 14.5. The van der Waals surface area contributed by atoms with Gasteiger partial charge in [-0.15, -0.1) is 0 Å². The fourth-order valence-electron chi connectivity index (χ4n) is 10.3. The van der Waals surface area contributed by atoms with Crippen LogP contribution in [0.25, 0.3) is 0 Å². The molecule has 1 N–H and O–H groups in total. The van der Waals surface area contributed by atoms with Crippen molar-refractivity contribution in [1.29, 1.82) is 0 Å². The summed E-state index contributed by atoms with van der Waals surface area (Å²) < 4.78 is 27.0. The van der Waals surface area contributed by atoms with E-state index < -0.39 is 35.5 Å². The van der Waals surface area contributed by atoms with E-state index in [-0.39, 0.29) is 46.9 Å². The van der Waals surface area contributed by atoms with Gasteiger partial charge in [-0.25, -0.2) is 0 Å². The monoisotopic (exact) mass is 666 g/mol. The van der Waals surface area contributed by atoms with Gasteiger partial charge >= 0.3 is 5.97 Å². The molecular formula is C42H66O6. The number of allylic oxidation sites excluding steroid dienone is 4. The van der Waals surface area contributed by atoms with E-state index in [1.807, 2.05) is 12.2 Å². The van der Waals surface area contributed by atoms with Crippen molar-refractivity contribution < 1.29 is 28.8 Å². The van der Waals surface area contributed by atoms with Crippen LogP contribution in [0.5, 0.6) is 0 Å². The lowest BCUT2D eigenvalue weighted by molar-refractivity contribution is -0.346. The summed E-state index contributed by atoms with van der Waals surface area (Å²) in [5.41, 5.74) is 1.44. The molecule has 48 heavy (non-hydrogen) atoms. The van der Waals surface area contributed by atoms with E-state index in [2.05, 4.69) is 108 Å². The van der Waals surface area contributed by atoms with Crippen LogP contribution < -0.4 is 0 Å². The molecule has 6 nitrogen and oxygen atoms in total. The number of rotatable bonds is 0. The fourth-order valence-corrected chi connectivity index (χ4v) is 10.3. The molecular weight excluding hydrogens is 600 g/mol. The number of fused-ring (bicyclic) bond motifs is 2. The van der Waals surface area contributed by atoms with Crippen LogP contribution in [0.15, 0.2) is 47.1 Å². The van der Waals surface area contributed by atoms with Crippen molar-refractivity contribution in [2.75, 3.05) is 6.61 Å². The van der Waals surface area contributed by atoms with Gasteiger partial charge < -0.3 is 24.1 Å². The van der Waals surface area contributed by atoms with Crippen LogP contribution in [0.2, 0.25) is 0 Å². The second-order valence-corrected chi connectivity index (χ2v) is 19.3. The molecule has 5 aliphatic rings. The lowest BCUT2D eigenvalue weighted by Gasteiger charge is -2.52. The Balaban J connectivity index is 1.61. The van der Waals surface area contributed by atoms with Crippen LogP contribution >= 0.6 is 0 Å². The van der Waals surface area contributed by atoms with Crippen molar-refractivity contribution in [1.82, 2.24) is 0 Å². The first kappa shape index (κ1) is 37.5. The first-order chi connectivity index (χ1) is 22.1. The van der Waals surface area contributed by atoms with Crippen LogP contribution in [-0.4, -0.2) is 53.5 Å². The molecule has 1 spiro atoms. The Morgan fingerprint density at radius 2 is 1.54 bits per heavy atom. The molecule has 0 aromatic heterocycles. The predicted octanol–water partition coefficient (Wildman–Crippen LogP) is 9.13. The van der Waals surface area contributed by atoms with Crippen LogP contribution in [0.4, 0.5) is 0 Å². The zero-order valence-electron chi connectivity index (χ0n) is 32.3. The number of carbonyl (C=O) groups excluding carboxylic acids is 1. The van der Waals surface area contributed by atoms with Gasteiger partial charge in [0, 0.05) is 25.2 Å². The molecule has 0 amide bonds. The topological polar surface area (TPSA) is 74.2 Å². The lowest BCUT2D eigenvalue weighted by Crippen LogP contribution is -2.59. The molecule has 11 atom stereocenters. The zero-order valence-corrected chi connectivity index (χ0v) is 32.3. The van der Waals surface area contributed by atoms with Gasteiger partial charge in [-0.3, -0.25) is 4.79 Å². The van der Waals surface area contributed by atoms with Gasteiger partial charge in [-0.1, -0.05) is 118 Å². The molecule has 4 heterocycles. The van der Waals surface area contributed by atoms with E-state index in [1.165, 1.54) is 5.57 Å². The lowest BCUT2D eigenvalue weighted by atomic mass is 9.61. The van der Waals surface area contributed by atoms with Crippen molar-refractivity contribution in [3.8, 4) is 0 Å². The summed E-state index contributed by atoms with van der Waals surface area (Å²) >= 11 is 0. The molecule has 4 aliphatic heterocycles. The first-order valence-corrected chi connectivity index (χ1v) is 18.7. The Morgan fingerprint density at radius 3 is 2.17 bits per heavy atom. The zero-order chi connectivity index (χ0) is 35.6. The Bertz CT molecular complexity index is 1330. The first-order valence-electron chi connectivity index (χ1n) is 18.7. The predicted molar refractivity (Wildman–Crippen MR) is 192 cm³/mol. The molecule has 270 valence electrons. The van der Waals surface area contributed by atoms with Crippen molar-refractivity contribution in [3.63, 3.8) is 0 Å². The maximum absolute atomic E-state index is 14.5. The van der Waals surface area contributed by atoms with E-state index in [9.17, 15) is 9.90 Å². The molecule has 0 aromatic carbocycles. The summed E-state index contributed by atoms with van der Waals surface area (Å²) in [5.74, 6) is -1.18. The average Bonchev–Trinajstić information content (AvgIpc) is 3.26. The highest BCUT2D eigenvalue weighted by Crippen LogP contribution is 2.53. The molecule has 5 rings (SSSR count). The fraction of sp³-hybridized carbons (Fsp3) is 0.786. The van der Waals surface area contributed by atoms with Gasteiger partial charge in [0.05, 0.1) is 24.9 Å². The van der Waals surface area contributed by atoms with E-state index >= 15 is 0 Å². The minimum atomic E-state index is -1.51. The minimum absolute atomic E-state index is 0.0254.